The van der Waals surface area contributed by atoms with Crippen molar-refractivity contribution in [3.8, 4) is 5.75 Å². The molecule has 0 saturated carbocycles. The lowest BCUT2D eigenvalue weighted by atomic mass is 10.1. The Morgan fingerprint density at radius 3 is 2.75 bits per heavy atom. The molecule has 1 saturated heterocycles. The number of carbonyl (C=O) groups is 1. The van der Waals surface area contributed by atoms with Crippen LogP contribution in [0.5, 0.6) is 5.75 Å². The van der Waals surface area contributed by atoms with Crippen LogP contribution in [-0.4, -0.2) is 44.8 Å². The van der Waals surface area contributed by atoms with E-state index in [0.717, 1.165) is 24.1 Å². The van der Waals surface area contributed by atoms with E-state index in [9.17, 15) is 4.79 Å². The van der Waals surface area contributed by atoms with E-state index >= 15 is 0 Å². The molecule has 0 aromatic carbocycles. The highest BCUT2D eigenvalue weighted by molar-refractivity contribution is 6.30. The Kier molecular flexibility index (Phi) is 5.04. The number of aryl methyl sites for hydroxylation is 2. The molecule has 0 bridgehead atoms. The summed E-state index contributed by atoms with van der Waals surface area (Å²) < 4.78 is 7.65. The van der Waals surface area contributed by atoms with Gasteiger partial charge in [-0.2, -0.15) is 5.10 Å². The summed E-state index contributed by atoms with van der Waals surface area (Å²) >= 11 is 5.92. The van der Waals surface area contributed by atoms with Gasteiger partial charge < -0.3 is 9.64 Å². The van der Waals surface area contributed by atoms with Gasteiger partial charge in [0.15, 0.2) is 0 Å². The molecule has 128 valence electrons. The fourth-order valence-electron chi connectivity index (χ4n) is 2.97. The number of halogens is 1. The summed E-state index contributed by atoms with van der Waals surface area (Å²) in [6.07, 6.45) is 7.27. The average molecular weight is 349 g/mol. The summed E-state index contributed by atoms with van der Waals surface area (Å²) in [5, 5.41) is 4.85. The van der Waals surface area contributed by atoms with Gasteiger partial charge in [0.2, 0.25) is 5.91 Å². The molecule has 6 nitrogen and oxygen atoms in total. The van der Waals surface area contributed by atoms with Crippen LogP contribution in [0.25, 0.3) is 0 Å². The minimum atomic E-state index is 0.0921. The average Bonchev–Trinajstić information content (AvgIpc) is 2.85. The van der Waals surface area contributed by atoms with Crippen molar-refractivity contribution in [2.24, 2.45) is 7.05 Å². The highest BCUT2D eigenvalue weighted by Crippen LogP contribution is 2.21. The zero-order valence-electron chi connectivity index (χ0n) is 13.9. The van der Waals surface area contributed by atoms with Crippen LogP contribution in [0.1, 0.15) is 24.1 Å². The Balaban J connectivity index is 1.51. The predicted octanol–water partition coefficient (Wildman–Crippen LogP) is 2.39. The minimum Gasteiger partial charge on any atom is -0.489 e. The molecule has 1 aliphatic heterocycles. The van der Waals surface area contributed by atoms with Gasteiger partial charge in [0.05, 0.1) is 23.3 Å². The van der Waals surface area contributed by atoms with Crippen LogP contribution in [0, 0.1) is 6.92 Å². The number of aromatic nitrogens is 3. The quantitative estimate of drug-likeness (QED) is 0.851. The van der Waals surface area contributed by atoms with E-state index in [1.807, 2.05) is 25.1 Å². The minimum absolute atomic E-state index is 0.0921. The second-order valence-corrected chi connectivity index (χ2v) is 6.56. The summed E-state index contributed by atoms with van der Waals surface area (Å²) in [4.78, 5) is 18.4. The smallest absolute Gasteiger partial charge is 0.227 e. The summed E-state index contributed by atoms with van der Waals surface area (Å²) in [5.74, 6) is 0.826. The van der Waals surface area contributed by atoms with Crippen LogP contribution in [0.4, 0.5) is 0 Å². The number of amides is 1. The molecule has 0 aliphatic carbocycles. The van der Waals surface area contributed by atoms with Crippen LogP contribution in [0.3, 0.4) is 0 Å². The van der Waals surface area contributed by atoms with Gasteiger partial charge in [0, 0.05) is 57.0 Å². The van der Waals surface area contributed by atoms with E-state index in [1.54, 1.807) is 23.1 Å². The van der Waals surface area contributed by atoms with Crippen LogP contribution >= 0.6 is 11.6 Å². The number of rotatable bonds is 4. The lowest BCUT2D eigenvalue weighted by molar-refractivity contribution is -0.132. The first kappa shape index (κ1) is 16.8. The van der Waals surface area contributed by atoms with Gasteiger partial charge >= 0.3 is 0 Å². The third-order valence-corrected chi connectivity index (χ3v) is 4.44. The Morgan fingerprint density at radius 2 is 2.12 bits per heavy atom. The standard InChI is InChI=1S/C17H21ClN4O2/c1-12-13(11-21(2)20-12)7-17(23)22-5-3-15(4-6-22)24-16-8-14(18)9-19-10-16/h8-11,15H,3-7H2,1-2H3. The summed E-state index contributed by atoms with van der Waals surface area (Å²) in [7, 11) is 1.87. The zero-order chi connectivity index (χ0) is 17.1. The van der Waals surface area contributed by atoms with Crippen LogP contribution in [0.2, 0.25) is 5.02 Å². The molecule has 1 fully saturated rings. The highest BCUT2D eigenvalue weighted by atomic mass is 35.5. The number of pyridine rings is 1. The number of piperidine rings is 1. The Hall–Kier alpha value is -2.08. The molecule has 1 aliphatic rings. The molecule has 0 radical (unpaired) electrons. The molecule has 0 spiro atoms. The maximum absolute atomic E-state index is 12.5. The third kappa shape index (κ3) is 4.06. The molecule has 3 rings (SSSR count). The number of hydrogen-bond acceptors (Lipinski definition) is 4. The summed E-state index contributed by atoms with van der Waals surface area (Å²) in [5.41, 5.74) is 1.91. The van der Waals surface area contributed by atoms with Gasteiger partial charge in [0.1, 0.15) is 11.9 Å². The Morgan fingerprint density at radius 1 is 1.38 bits per heavy atom. The molecule has 7 heteroatoms. The second-order valence-electron chi connectivity index (χ2n) is 6.13. The second kappa shape index (κ2) is 7.21. The fourth-order valence-corrected chi connectivity index (χ4v) is 3.13. The molecule has 1 amide bonds. The topological polar surface area (TPSA) is 60.2 Å². The van der Waals surface area contributed by atoms with Gasteiger partial charge in [-0.05, 0) is 6.92 Å². The molecule has 0 N–H and O–H groups in total. The maximum atomic E-state index is 12.5. The van der Waals surface area contributed by atoms with E-state index in [-0.39, 0.29) is 12.0 Å². The van der Waals surface area contributed by atoms with Crippen LogP contribution in [0.15, 0.2) is 24.7 Å². The van der Waals surface area contributed by atoms with Crippen molar-refractivity contribution in [1.29, 1.82) is 0 Å². The van der Waals surface area contributed by atoms with Crippen molar-refractivity contribution < 1.29 is 9.53 Å². The predicted molar refractivity (Wildman–Crippen MR) is 91.1 cm³/mol. The van der Waals surface area contributed by atoms with Gasteiger partial charge in [-0.3, -0.25) is 14.5 Å². The molecular weight excluding hydrogens is 328 g/mol. The number of nitrogens with zero attached hydrogens (tertiary/aromatic N) is 4. The van der Waals surface area contributed by atoms with Gasteiger partial charge in [-0.1, -0.05) is 11.6 Å². The summed E-state index contributed by atoms with van der Waals surface area (Å²) in [6, 6.07) is 1.76. The molecule has 2 aromatic rings. The van der Waals surface area contributed by atoms with E-state index < -0.39 is 0 Å². The first-order chi connectivity index (χ1) is 11.5. The molecule has 0 atom stereocenters. The third-order valence-electron chi connectivity index (χ3n) is 4.23. The number of ether oxygens (including phenoxy) is 1. The van der Waals surface area contributed by atoms with Crippen molar-refractivity contribution in [2.75, 3.05) is 13.1 Å². The lowest BCUT2D eigenvalue weighted by Crippen LogP contribution is -2.42. The maximum Gasteiger partial charge on any atom is 0.227 e. The first-order valence-corrected chi connectivity index (χ1v) is 8.43. The first-order valence-electron chi connectivity index (χ1n) is 8.05. The van der Waals surface area contributed by atoms with Crippen molar-refractivity contribution >= 4 is 17.5 Å². The molecule has 3 heterocycles. The lowest BCUT2D eigenvalue weighted by Gasteiger charge is -2.32. The van der Waals surface area contributed by atoms with Crippen molar-refractivity contribution in [2.45, 2.75) is 32.3 Å². The molecular formula is C17H21ClN4O2. The van der Waals surface area contributed by atoms with E-state index in [0.29, 0.717) is 30.3 Å². The Bertz CT molecular complexity index is 723. The number of carbonyl (C=O) groups excluding carboxylic acids is 1. The van der Waals surface area contributed by atoms with E-state index in [1.165, 1.54) is 0 Å². The highest BCUT2D eigenvalue weighted by Gasteiger charge is 2.24. The van der Waals surface area contributed by atoms with Gasteiger partial charge in [-0.25, -0.2) is 0 Å². The molecule has 0 unspecified atom stereocenters. The molecule has 24 heavy (non-hydrogen) atoms. The number of likely N-dealkylation sites (tertiary alicyclic amines) is 1. The van der Waals surface area contributed by atoms with Crippen molar-refractivity contribution in [1.82, 2.24) is 19.7 Å². The van der Waals surface area contributed by atoms with Crippen molar-refractivity contribution in [3.63, 3.8) is 0 Å². The van der Waals surface area contributed by atoms with Crippen LogP contribution in [-0.2, 0) is 18.3 Å². The monoisotopic (exact) mass is 348 g/mol. The largest absolute Gasteiger partial charge is 0.489 e. The molecule has 2 aromatic heterocycles. The SMILES string of the molecule is Cc1nn(C)cc1CC(=O)N1CCC(Oc2cncc(Cl)c2)CC1. The van der Waals surface area contributed by atoms with Gasteiger partial charge in [-0.15, -0.1) is 0 Å². The van der Waals surface area contributed by atoms with E-state index in [4.69, 9.17) is 16.3 Å². The van der Waals surface area contributed by atoms with Gasteiger partial charge in [0.25, 0.3) is 0 Å². The number of hydrogen-bond donors (Lipinski definition) is 0. The Labute approximate surface area is 146 Å². The van der Waals surface area contributed by atoms with Crippen molar-refractivity contribution in [3.05, 3.63) is 40.9 Å². The normalized spacial score (nSPS) is 15.5. The fraction of sp³-hybridized carbons (Fsp3) is 0.471. The van der Waals surface area contributed by atoms with Crippen LogP contribution < -0.4 is 4.74 Å². The zero-order valence-corrected chi connectivity index (χ0v) is 14.7. The van der Waals surface area contributed by atoms with E-state index in [2.05, 4.69) is 10.1 Å². The summed E-state index contributed by atoms with van der Waals surface area (Å²) in [6.45, 7) is 3.34.